The number of halogens is 1. The summed E-state index contributed by atoms with van der Waals surface area (Å²) in [5.41, 5.74) is 1.88. The van der Waals surface area contributed by atoms with Gasteiger partial charge < -0.3 is 15.1 Å². The van der Waals surface area contributed by atoms with E-state index in [2.05, 4.69) is 47.3 Å². The van der Waals surface area contributed by atoms with Crippen molar-refractivity contribution in [2.75, 3.05) is 43.4 Å². The van der Waals surface area contributed by atoms with Gasteiger partial charge in [0.15, 0.2) is 11.6 Å². The summed E-state index contributed by atoms with van der Waals surface area (Å²) in [4.78, 5) is 18.4. The van der Waals surface area contributed by atoms with Crippen LogP contribution >= 0.6 is 11.6 Å². The second-order valence-corrected chi connectivity index (χ2v) is 7.77. The van der Waals surface area contributed by atoms with Crippen molar-refractivity contribution in [1.29, 1.82) is 0 Å². The molecule has 3 heterocycles. The Kier molecular flexibility index (Phi) is 6.59. The summed E-state index contributed by atoms with van der Waals surface area (Å²) < 4.78 is 0. The number of likely N-dealkylation sites (N-methyl/N-ethyl adjacent to an activating group) is 1. The number of nitrogens with one attached hydrogen (secondary N) is 2. The third-order valence-corrected chi connectivity index (χ3v) is 5.12. The summed E-state index contributed by atoms with van der Waals surface area (Å²) >= 11 is 6.09. The van der Waals surface area contributed by atoms with E-state index in [0.717, 1.165) is 37.4 Å². The molecule has 0 aliphatic carbocycles. The largest absolute Gasteiger partial charge is 0.338 e. The first-order chi connectivity index (χ1) is 15.1. The topological polar surface area (TPSA) is 85.9 Å². The van der Waals surface area contributed by atoms with Crippen LogP contribution in [0.2, 0.25) is 5.02 Å². The zero-order valence-electron chi connectivity index (χ0n) is 17.6. The molecule has 9 heteroatoms. The summed E-state index contributed by atoms with van der Waals surface area (Å²) in [7, 11) is 2.12. The van der Waals surface area contributed by atoms with Crippen LogP contribution in [0.3, 0.4) is 0 Å². The highest BCUT2D eigenvalue weighted by molar-refractivity contribution is 6.30. The lowest BCUT2D eigenvalue weighted by molar-refractivity contribution is 0.311. The Morgan fingerprint density at radius 1 is 1.03 bits per heavy atom. The van der Waals surface area contributed by atoms with Gasteiger partial charge in [0.25, 0.3) is 0 Å². The van der Waals surface area contributed by atoms with Crippen LogP contribution in [0.1, 0.15) is 24.0 Å². The maximum atomic E-state index is 6.09. The van der Waals surface area contributed by atoms with E-state index >= 15 is 0 Å². The molecular weight excluding hydrogens is 412 g/mol. The van der Waals surface area contributed by atoms with Crippen molar-refractivity contribution in [3.8, 4) is 0 Å². The van der Waals surface area contributed by atoms with E-state index < -0.39 is 0 Å². The van der Waals surface area contributed by atoms with Crippen LogP contribution in [0, 0.1) is 0 Å². The fourth-order valence-corrected chi connectivity index (χ4v) is 3.42. The quantitative estimate of drug-likeness (QED) is 0.605. The van der Waals surface area contributed by atoms with Crippen LogP contribution in [-0.2, 0) is 0 Å². The Bertz CT molecular complexity index is 1080. The molecule has 160 valence electrons. The number of anilines is 3. The maximum Gasteiger partial charge on any atom is 0.233 e. The van der Waals surface area contributed by atoms with E-state index in [4.69, 9.17) is 11.6 Å². The van der Waals surface area contributed by atoms with Crippen molar-refractivity contribution in [2.45, 2.75) is 6.92 Å². The molecule has 0 unspecified atom stereocenters. The normalized spacial score (nSPS) is 15.3. The molecule has 1 fully saturated rings. The second-order valence-electron chi connectivity index (χ2n) is 7.33. The molecule has 0 radical (unpaired) electrons. The highest BCUT2D eigenvalue weighted by atomic mass is 35.5. The van der Waals surface area contributed by atoms with Gasteiger partial charge in [0.1, 0.15) is 0 Å². The van der Waals surface area contributed by atoms with Crippen molar-refractivity contribution in [1.82, 2.24) is 30.0 Å². The zero-order valence-corrected chi connectivity index (χ0v) is 18.3. The van der Waals surface area contributed by atoms with Gasteiger partial charge in [-0.25, -0.2) is 0 Å². The number of allylic oxidation sites excluding steroid dienone is 1. The van der Waals surface area contributed by atoms with Gasteiger partial charge >= 0.3 is 0 Å². The summed E-state index contributed by atoms with van der Waals surface area (Å²) in [5, 5.41) is 11.1. The number of rotatable bonds is 6. The van der Waals surface area contributed by atoms with E-state index in [9.17, 15) is 0 Å². The van der Waals surface area contributed by atoms with Crippen LogP contribution in [0.4, 0.5) is 17.7 Å². The van der Waals surface area contributed by atoms with E-state index in [1.165, 1.54) is 0 Å². The van der Waals surface area contributed by atoms with Gasteiger partial charge in [-0.3, -0.25) is 5.10 Å². The van der Waals surface area contributed by atoms with Crippen molar-refractivity contribution in [2.24, 2.45) is 0 Å². The Labute approximate surface area is 186 Å². The molecule has 0 atom stereocenters. The minimum absolute atomic E-state index is 0.452. The lowest BCUT2D eigenvalue weighted by Gasteiger charge is -2.32. The van der Waals surface area contributed by atoms with Crippen LogP contribution in [0.25, 0.3) is 18.2 Å². The lowest BCUT2D eigenvalue weighted by atomic mass is 10.2. The summed E-state index contributed by atoms with van der Waals surface area (Å²) in [5.74, 6) is 2.32. The fourth-order valence-electron chi connectivity index (χ4n) is 3.22. The summed E-state index contributed by atoms with van der Waals surface area (Å²) in [6.45, 7) is 5.62. The number of aromatic nitrogens is 5. The van der Waals surface area contributed by atoms with Gasteiger partial charge in [-0.1, -0.05) is 35.9 Å². The Balaban J connectivity index is 1.62. The van der Waals surface area contributed by atoms with Gasteiger partial charge in [-0.2, -0.15) is 20.1 Å². The second kappa shape index (κ2) is 9.72. The molecule has 2 N–H and O–H groups in total. The molecule has 4 rings (SSSR count). The summed E-state index contributed by atoms with van der Waals surface area (Å²) in [6, 6.07) is 9.54. The molecule has 1 saturated heterocycles. The first kappa shape index (κ1) is 21.0. The molecule has 1 aliphatic heterocycles. The number of aromatic amines is 1. The highest BCUT2D eigenvalue weighted by Gasteiger charge is 2.18. The third-order valence-electron chi connectivity index (χ3n) is 4.88. The smallest absolute Gasteiger partial charge is 0.233 e. The standard InChI is InChI=1S/C22H25ClN8/c1-3-5-18-15-20(29-28-18)25-21-24-19(9-8-16-6-4-7-17(23)14-16)26-22(27-21)31-12-10-30(2)11-13-31/h3-9,14-15H,10-13H2,1-2H3,(H2,24,25,26,27,28,29)/b5-3+,9-8+. The van der Waals surface area contributed by atoms with Crippen molar-refractivity contribution >= 4 is 47.5 Å². The SMILES string of the molecule is C/C=C/c1cc(Nc2nc(/C=C/c3cccc(Cl)c3)nc(N3CCN(C)CC3)n2)n[nH]1. The summed E-state index contributed by atoms with van der Waals surface area (Å²) in [6.07, 6.45) is 7.70. The van der Waals surface area contributed by atoms with Gasteiger partial charge in [0.2, 0.25) is 11.9 Å². The monoisotopic (exact) mass is 436 g/mol. The molecule has 0 amide bonds. The number of piperazine rings is 1. The van der Waals surface area contributed by atoms with E-state index in [1.807, 2.05) is 61.6 Å². The Hall–Kier alpha value is -3.23. The average Bonchev–Trinajstić information content (AvgIpc) is 3.20. The molecule has 2 aromatic heterocycles. The molecular formula is C22H25ClN8. The molecule has 0 saturated carbocycles. The average molecular weight is 437 g/mol. The van der Waals surface area contributed by atoms with E-state index in [0.29, 0.717) is 28.6 Å². The van der Waals surface area contributed by atoms with E-state index in [1.54, 1.807) is 0 Å². The van der Waals surface area contributed by atoms with Crippen molar-refractivity contribution in [3.05, 3.63) is 58.5 Å². The van der Waals surface area contributed by atoms with Crippen LogP contribution < -0.4 is 10.2 Å². The Morgan fingerprint density at radius 3 is 2.65 bits per heavy atom. The van der Waals surface area contributed by atoms with Crippen molar-refractivity contribution in [3.63, 3.8) is 0 Å². The van der Waals surface area contributed by atoms with Gasteiger partial charge in [-0.05, 0) is 43.8 Å². The molecule has 1 aromatic carbocycles. The number of nitrogens with zero attached hydrogens (tertiary/aromatic N) is 6. The predicted octanol–water partition coefficient (Wildman–Crippen LogP) is 3.95. The minimum Gasteiger partial charge on any atom is -0.338 e. The molecule has 8 nitrogen and oxygen atoms in total. The van der Waals surface area contributed by atoms with Gasteiger partial charge in [0.05, 0.1) is 5.69 Å². The fraction of sp³-hybridized carbons (Fsp3) is 0.273. The molecule has 1 aliphatic rings. The predicted molar refractivity (Wildman–Crippen MR) is 126 cm³/mol. The first-order valence-corrected chi connectivity index (χ1v) is 10.6. The van der Waals surface area contributed by atoms with Crippen LogP contribution in [-0.4, -0.2) is 63.3 Å². The van der Waals surface area contributed by atoms with Gasteiger partial charge in [0, 0.05) is 37.3 Å². The molecule has 0 spiro atoms. The van der Waals surface area contributed by atoms with E-state index in [-0.39, 0.29) is 0 Å². The molecule has 3 aromatic rings. The number of H-pyrrole nitrogens is 1. The number of benzene rings is 1. The van der Waals surface area contributed by atoms with Gasteiger partial charge in [-0.15, -0.1) is 0 Å². The number of hydrogen-bond donors (Lipinski definition) is 2. The van der Waals surface area contributed by atoms with Crippen LogP contribution in [0.5, 0.6) is 0 Å². The zero-order chi connectivity index (χ0) is 21.6. The molecule has 31 heavy (non-hydrogen) atoms. The Morgan fingerprint density at radius 2 is 1.87 bits per heavy atom. The van der Waals surface area contributed by atoms with Crippen molar-refractivity contribution < 1.29 is 0 Å². The maximum absolute atomic E-state index is 6.09. The molecule has 0 bridgehead atoms. The number of hydrogen-bond acceptors (Lipinski definition) is 7. The lowest BCUT2D eigenvalue weighted by Crippen LogP contribution is -2.45. The minimum atomic E-state index is 0.452. The first-order valence-electron chi connectivity index (χ1n) is 10.2. The highest BCUT2D eigenvalue weighted by Crippen LogP contribution is 2.19. The third kappa shape index (κ3) is 5.68. The van der Waals surface area contributed by atoms with Crippen LogP contribution in [0.15, 0.2) is 36.4 Å².